The minimum absolute atomic E-state index is 0.0167. The van der Waals surface area contributed by atoms with Gasteiger partial charge in [0.05, 0.1) is 48.2 Å². The van der Waals surface area contributed by atoms with E-state index < -0.39 is 17.5 Å². The molecule has 228 valence electrons. The van der Waals surface area contributed by atoms with E-state index in [9.17, 15) is 18.3 Å². The van der Waals surface area contributed by atoms with Gasteiger partial charge in [0.25, 0.3) is 0 Å². The molecular formula is C32H30F3N5O4. The fourth-order valence-electron chi connectivity index (χ4n) is 5.39. The Kier molecular flexibility index (Phi) is 8.41. The average Bonchev–Trinajstić information content (AvgIpc) is 3.33. The normalized spacial score (nSPS) is 17.3. The molecule has 2 aromatic heterocycles. The molecule has 0 unspecified atom stereocenters. The smallest absolute Gasteiger partial charge is 0.183 e. The highest BCUT2D eigenvalue weighted by Gasteiger charge is 2.27. The molecule has 2 aliphatic rings. The van der Waals surface area contributed by atoms with Crippen LogP contribution < -0.4 is 9.47 Å². The van der Waals surface area contributed by atoms with Gasteiger partial charge >= 0.3 is 0 Å². The molecule has 2 saturated heterocycles. The second-order valence-corrected chi connectivity index (χ2v) is 10.9. The van der Waals surface area contributed by atoms with Crippen LogP contribution in [0.4, 0.5) is 13.2 Å². The molecule has 1 N–H and O–H groups in total. The van der Waals surface area contributed by atoms with Crippen molar-refractivity contribution in [1.29, 1.82) is 5.26 Å². The topological polar surface area (TPSA) is 106 Å². The molecular weight excluding hydrogens is 575 g/mol. The molecule has 2 aromatic carbocycles. The van der Waals surface area contributed by atoms with E-state index in [0.29, 0.717) is 68.2 Å². The summed E-state index contributed by atoms with van der Waals surface area (Å²) >= 11 is 0. The number of aliphatic hydroxyl groups is 1. The van der Waals surface area contributed by atoms with Crippen molar-refractivity contribution in [1.82, 2.24) is 19.4 Å². The first-order valence-corrected chi connectivity index (χ1v) is 14.3. The zero-order chi connectivity index (χ0) is 30.8. The SMILES string of the molecule is C=C(O)c1cc(F)c2nc(CN3CCC(Oc4cc(COc5ccc(C#N)cc5F)ncc4F)CC3)n(C[C@@H]3CCO3)c2c1. The third-order valence-corrected chi connectivity index (χ3v) is 7.91. The first-order chi connectivity index (χ1) is 21.3. The maximum atomic E-state index is 15.0. The number of fused-ring (bicyclic) bond motifs is 1. The van der Waals surface area contributed by atoms with Crippen LogP contribution in [0.25, 0.3) is 16.8 Å². The summed E-state index contributed by atoms with van der Waals surface area (Å²) in [6.45, 7) is 6.40. The molecule has 6 rings (SSSR count). The minimum atomic E-state index is -0.674. The van der Waals surface area contributed by atoms with E-state index in [0.717, 1.165) is 18.7 Å². The van der Waals surface area contributed by atoms with Crippen molar-refractivity contribution < 1.29 is 32.5 Å². The van der Waals surface area contributed by atoms with Gasteiger partial charge in [-0.1, -0.05) is 6.58 Å². The fourth-order valence-corrected chi connectivity index (χ4v) is 5.39. The van der Waals surface area contributed by atoms with Crippen LogP contribution in [0.2, 0.25) is 0 Å². The van der Waals surface area contributed by atoms with Crippen molar-refractivity contribution in [3.05, 3.63) is 89.3 Å². The summed E-state index contributed by atoms with van der Waals surface area (Å²) in [5.74, 6) is -1.34. The van der Waals surface area contributed by atoms with Crippen LogP contribution in [0.15, 0.2) is 49.2 Å². The summed E-state index contributed by atoms with van der Waals surface area (Å²) in [5.41, 5.74) is 1.65. The quantitative estimate of drug-likeness (QED) is 0.231. The van der Waals surface area contributed by atoms with Gasteiger partial charge < -0.3 is 23.9 Å². The molecule has 2 aliphatic heterocycles. The van der Waals surface area contributed by atoms with Crippen LogP contribution in [0.3, 0.4) is 0 Å². The van der Waals surface area contributed by atoms with E-state index in [1.807, 2.05) is 10.6 Å². The van der Waals surface area contributed by atoms with Gasteiger partial charge in [0.15, 0.2) is 29.0 Å². The van der Waals surface area contributed by atoms with Gasteiger partial charge in [-0.25, -0.2) is 18.2 Å². The number of rotatable bonds is 10. The fraction of sp³-hybridized carbons (Fsp3) is 0.344. The number of imidazole rings is 1. The number of halogens is 3. The number of piperidine rings is 1. The average molecular weight is 606 g/mol. The number of likely N-dealkylation sites (tertiary alicyclic amines) is 1. The standard InChI is InChI=1S/C32H30F3N5O4/c1-19(41)21-11-26(34)32-28(12-21)40(16-24-6-9-42-24)31(38-32)17-39-7-4-23(5-8-39)44-30-13-22(37-15-27(30)35)18-43-29-3-2-20(14-36)10-25(29)33/h2-3,10-13,15,23-24,41H,1,4-9,16-18H2/t24-/m0/s1. The van der Waals surface area contributed by atoms with E-state index >= 15 is 0 Å². The maximum Gasteiger partial charge on any atom is 0.183 e. The molecule has 0 aliphatic carbocycles. The van der Waals surface area contributed by atoms with Gasteiger partial charge in [0, 0.05) is 31.3 Å². The Morgan fingerprint density at radius 1 is 1.07 bits per heavy atom. The molecule has 1 atom stereocenters. The lowest BCUT2D eigenvalue weighted by Crippen LogP contribution is -2.39. The summed E-state index contributed by atoms with van der Waals surface area (Å²) in [6.07, 6.45) is 2.97. The summed E-state index contributed by atoms with van der Waals surface area (Å²) in [6, 6.07) is 10.1. The zero-order valence-electron chi connectivity index (χ0n) is 23.8. The highest BCUT2D eigenvalue weighted by Crippen LogP contribution is 2.29. The zero-order valence-corrected chi connectivity index (χ0v) is 23.8. The summed E-state index contributed by atoms with van der Waals surface area (Å²) in [7, 11) is 0. The lowest BCUT2D eigenvalue weighted by Gasteiger charge is -2.32. The summed E-state index contributed by atoms with van der Waals surface area (Å²) < 4.78 is 62.8. The Morgan fingerprint density at radius 2 is 1.86 bits per heavy atom. The van der Waals surface area contributed by atoms with E-state index in [2.05, 4.69) is 21.4 Å². The van der Waals surface area contributed by atoms with Crippen LogP contribution in [0, 0.1) is 28.8 Å². The van der Waals surface area contributed by atoms with Gasteiger partial charge in [-0.2, -0.15) is 5.26 Å². The van der Waals surface area contributed by atoms with E-state index in [1.54, 1.807) is 6.07 Å². The Labute approximate surface area is 251 Å². The third kappa shape index (κ3) is 6.34. The van der Waals surface area contributed by atoms with Crippen molar-refractivity contribution in [3.8, 4) is 17.6 Å². The molecule has 4 heterocycles. The second-order valence-electron chi connectivity index (χ2n) is 10.9. The number of nitriles is 1. The first kappa shape index (κ1) is 29.5. The van der Waals surface area contributed by atoms with Crippen molar-refractivity contribution in [3.63, 3.8) is 0 Å². The van der Waals surface area contributed by atoms with E-state index in [-0.39, 0.29) is 47.2 Å². The predicted molar refractivity (Wildman–Crippen MR) is 154 cm³/mol. The number of benzene rings is 2. The third-order valence-electron chi connectivity index (χ3n) is 7.91. The molecule has 4 aromatic rings. The molecule has 0 amide bonds. The van der Waals surface area contributed by atoms with Crippen LogP contribution in [0.1, 0.15) is 41.9 Å². The number of hydrogen-bond acceptors (Lipinski definition) is 8. The van der Waals surface area contributed by atoms with Crippen molar-refractivity contribution in [2.24, 2.45) is 0 Å². The Bertz CT molecular complexity index is 1740. The Balaban J connectivity index is 1.09. The predicted octanol–water partition coefficient (Wildman–Crippen LogP) is 5.66. The molecule has 0 bridgehead atoms. The summed E-state index contributed by atoms with van der Waals surface area (Å²) in [5, 5.41) is 18.8. The molecule has 0 spiro atoms. The molecule has 0 radical (unpaired) electrons. The highest BCUT2D eigenvalue weighted by atomic mass is 19.1. The maximum absolute atomic E-state index is 15.0. The monoisotopic (exact) mass is 605 g/mol. The van der Waals surface area contributed by atoms with E-state index in [4.69, 9.17) is 19.5 Å². The van der Waals surface area contributed by atoms with Gasteiger partial charge in [0.2, 0.25) is 0 Å². The lowest BCUT2D eigenvalue weighted by molar-refractivity contribution is -0.0592. The van der Waals surface area contributed by atoms with Crippen LogP contribution in [-0.2, 0) is 24.4 Å². The number of ether oxygens (including phenoxy) is 3. The van der Waals surface area contributed by atoms with Crippen molar-refractivity contribution in [2.45, 2.75) is 51.2 Å². The molecule has 0 saturated carbocycles. The van der Waals surface area contributed by atoms with Gasteiger partial charge in [0.1, 0.15) is 29.8 Å². The first-order valence-electron chi connectivity index (χ1n) is 14.3. The van der Waals surface area contributed by atoms with Gasteiger partial charge in [-0.05, 0) is 49.6 Å². The van der Waals surface area contributed by atoms with E-state index in [1.165, 1.54) is 24.3 Å². The number of aliphatic hydroxyl groups excluding tert-OH is 1. The molecule has 9 nitrogen and oxygen atoms in total. The highest BCUT2D eigenvalue weighted by molar-refractivity contribution is 5.81. The van der Waals surface area contributed by atoms with Gasteiger partial charge in [-0.15, -0.1) is 0 Å². The molecule has 2 fully saturated rings. The lowest BCUT2D eigenvalue weighted by atomic mass is 10.1. The Hall–Kier alpha value is -4.60. The molecule has 44 heavy (non-hydrogen) atoms. The Morgan fingerprint density at radius 3 is 2.55 bits per heavy atom. The van der Waals surface area contributed by atoms with Gasteiger partial charge in [-0.3, -0.25) is 9.88 Å². The number of hydrogen-bond donors (Lipinski definition) is 1. The molecule has 12 heteroatoms. The van der Waals surface area contributed by atoms with Crippen LogP contribution in [0.5, 0.6) is 11.5 Å². The second kappa shape index (κ2) is 12.6. The van der Waals surface area contributed by atoms with Crippen LogP contribution in [-0.4, -0.2) is 56.4 Å². The number of aromatic nitrogens is 3. The number of pyridine rings is 1. The summed E-state index contributed by atoms with van der Waals surface area (Å²) in [4.78, 5) is 10.8. The van der Waals surface area contributed by atoms with Crippen molar-refractivity contribution in [2.75, 3.05) is 19.7 Å². The van der Waals surface area contributed by atoms with Crippen LogP contribution >= 0.6 is 0 Å². The number of nitrogens with zero attached hydrogens (tertiary/aromatic N) is 5. The minimum Gasteiger partial charge on any atom is -0.508 e. The van der Waals surface area contributed by atoms with Crippen molar-refractivity contribution >= 4 is 16.8 Å². The largest absolute Gasteiger partial charge is 0.508 e.